The van der Waals surface area contributed by atoms with Gasteiger partial charge in [0.1, 0.15) is 0 Å². The molecule has 0 spiro atoms. The van der Waals surface area contributed by atoms with Crippen LogP contribution in [0.15, 0.2) is 24.3 Å². The molecule has 6 heteroatoms. The fraction of sp³-hybridized carbons (Fsp3) is 0.556. The smallest absolute Gasteiger partial charge is 0.248 e. The molecule has 2 aliphatic rings. The number of carbonyl (C=O) groups is 2. The molecule has 130 valence electrons. The van der Waals surface area contributed by atoms with Gasteiger partial charge >= 0.3 is 0 Å². The van der Waals surface area contributed by atoms with Crippen molar-refractivity contribution in [3.05, 3.63) is 35.4 Å². The van der Waals surface area contributed by atoms with Gasteiger partial charge in [-0.2, -0.15) is 0 Å². The second-order valence-electron chi connectivity index (χ2n) is 6.80. The molecule has 2 saturated heterocycles. The van der Waals surface area contributed by atoms with E-state index >= 15 is 0 Å². The van der Waals surface area contributed by atoms with Crippen molar-refractivity contribution in [1.82, 2.24) is 14.7 Å². The third kappa shape index (κ3) is 3.76. The predicted molar refractivity (Wildman–Crippen MR) is 92.5 cm³/mol. The number of rotatable bonds is 4. The molecule has 3 rings (SSSR count). The summed E-state index contributed by atoms with van der Waals surface area (Å²) in [6, 6.07) is 7.54. The third-order valence-electron chi connectivity index (χ3n) is 5.11. The lowest BCUT2D eigenvalue weighted by molar-refractivity contribution is -0.137. The first-order valence-corrected chi connectivity index (χ1v) is 8.65. The van der Waals surface area contributed by atoms with Gasteiger partial charge in [-0.1, -0.05) is 12.1 Å². The van der Waals surface area contributed by atoms with Crippen LogP contribution in [-0.2, 0) is 11.3 Å². The summed E-state index contributed by atoms with van der Waals surface area (Å²) in [5, 5.41) is 0. The van der Waals surface area contributed by atoms with Crippen molar-refractivity contribution in [3.8, 4) is 0 Å². The summed E-state index contributed by atoms with van der Waals surface area (Å²) in [4.78, 5) is 30.4. The maximum atomic E-state index is 12.6. The number of nitrogens with two attached hydrogens (primary N) is 1. The van der Waals surface area contributed by atoms with Crippen LogP contribution in [0.4, 0.5) is 0 Å². The average Bonchev–Trinajstić information content (AvgIpc) is 3.01. The number of likely N-dealkylation sites (tertiary alicyclic amines) is 1. The summed E-state index contributed by atoms with van der Waals surface area (Å²) in [6.07, 6.45) is 2.10. The van der Waals surface area contributed by atoms with Gasteiger partial charge in [0.2, 0.25) is 11.8 Å². The number of likely N-dealkylation sites (N-methyl/N-ethyl adjacent to an activating group) is 1. The number of nitrogens with zero attached hydrogens (tertiary/aromatic N) is 3. The quantitative estimate of drug-likeness (QED) is 0.874. The summed E-state index contributed by atoms with van der Waals surface area (Å²) >= 11 is 0. The number of hydrogen-bond donors (Lipinski definition) is 1. The zero-order valence-corrected chi connectivity index (χ0v) is 14.3. The Morgan fingerprint density at radius 3 is 2.54 bits per heavy atom. The molecule has 2 aliphatic heterocycles. The fourth-order valence-electron chi connectivity index (χ4n) is 3.64. The Balaban J connectivity index is 1.53. The highest BCUT2D eigenvalue weighted by Crippen LogP contribution is 2.18. The number of piperazine rings is 1. The average molecular weight is 330 g/mol. The van der Waals surface area contributed by atoms with E-state index in [9.17, 15) is 9.59 Å². The van der Waals surface area contributed by atoms with Gasteiger partial charge in [-0.05, 0) is 44.1 Å². The molecule has 1 atom stereocenters. The standard InChI is InChI=1S/C18H26N4O2/c1-20-7-3-6-16(20)18(24)22-10-8-21(9-11-22)13-14-4-2-5-15(12-14)17(19)23/h2,4-5,12,16H,3,6-11,13H2,1H3,(H2,19,23). The maximum Gasteiger partial charge on any atom is 0.248 e. The Morgan fingerprint density at radius 2 is 1.92 bits per heavy atom. The number of amides is 2. The topological polar surface area (TPSA) is 69.9 Å². The summed E-state index contributed by atoms with van der Waals surface area (Å²) in [5.41, 5.74) is 6.97. The molecule has 0 saturated carbocycles. The monoisotopic (exact) mass is 330 g/mol. The second kappa shape index (κ2) is 7.32. The van der Waals surface area contributed by atoms with Gasteiger partial charge in [-0.3, -0.25) is 19.4 Å². The summed E-state index contributed by atoms with van der Waals surface area (Å²) < 4.78 is 0. The van der Waals surface area contributed by atoms with E-state index in [1.807, 2.05) is 30.1 Å². The molecule has 1 unspecified atom stereocenters. The molecular weight excluding hydrogens is 304 g/mol. The SMILES string of the molecule is CN1CCCC1C(=O)N1CCN(Cc2cccc(C(N)=O)c2)CC1. The molecule has 2 fully saturated rings. The van der Waals surface area contributed by atoms with E-state index in [-0.39, 0.29) is 11.9 Å². The van der Waals surface area contributed by atoms with Crippen LogP contribution in [0.1, 0.15) is 28.8 Å². The van der Waals surface area contributed by atoms with Crippen molar-refractivity contribution in [2.75, 3.05) is 39.8 Å². The van der Waals surface area contributed by atoms with Crippen LogP contribution >= 0.6 is 0 Å². The van der Waals surface area contributed by atoms with Gasteiger partial charge in [0.25, 0.3) is 0 Å². The molecule has 2 amide bonds. The van der Waals surface area contributed by atoms with Crippen LogP contribution < -0.4 is 5.73 Å². The highest BCUT2D eigenvalue weighted by molar-refractivity contribution is 5.92. The fourth-order valence-corrected chi connectivity index (χ4v) is 3.64. The van der Waals surface area contributed by atoms with Gasteiger partial charge in [-0.15, -0.1) is 0 Å². The van der Waals surface area contributed by atoms with E-state index < -0.39 is 5.91 Å². The lowest BCUT2D eigenvalue weighted by atomic mass is 10.1. The van der Waals surface area contributed by atoms with Crippen LogP contribution in [0.5, 0.6) is 0 Å². The van der Waals surface area contributed by atoms with Crippen molar-refractivity contribution in [3.63, 3.8) is 0 Å². The third-order valence-corrected chi connectivity index (χ3v) is 5.11. The van der Waals surface area contributed by atoms with Crippen molar-refractivity contribution in [1.29, 1.82) is 0 Å². The Morgan fingerprint density at radius 1 is 1.17 bits per heavy atom. The van der Waals surface area contributed by atoms with Gasteiger partial charge < -0.3 is 10.6 Å². The zero-order chi connectivity index (χ0) is 17.1. The largest absolute Gasteiger partial charge is 0.366 e. The first-order chi connectivity index (χ1) is 11.5. The molecule has 0 aromatic heterocycles. The van der Waals surface area contributed by atoms with E-state index in [1.54, 1.807) is 6.07 Å². The first kappa shape index (κ1) is 16.9. The van der Waals surface area contributed by atoms with Crippen LogP contribution in [0.25, 0.3) is 0 Å². The summed E-state index contributed by atoms with van der Waals surface area (Å²) in [6.45, 7) is 5.09. The van der Waals surface area contributed by atoms with Gasteiger partial charge in [-0.25, -0.2) is 0 Å². The van der Waals surface area contributed by atoms with Crippen molar-refractivity contribution in [2.24, 2.45) is 5.73 Å². The van der Waals surface area contributed by atoms with Crippen molar-refractivity contribution in [2.45, 2.75) is 25.4 Å². The normalized spacial score (nSPS) is 22.7. The number of carbonyl (C=O) groups excluding carboxylic acids is 2. The zero-order valence-electron chi connectivity index (χ0n) is 14.3. The first-order valence-electron chi connectivity index (χ1n) is 8.65. The van der Waals surface area contributed by atoms with Crippen LogP contribution in [-0.4, -0.2) is 72.3 Å². The summed E-state index contributed by atoms with van der Waals surface area (Å²) in [5.74, 6) is -0.113. The van der Waals surface area contributed by atoms with Gasteiger partial charge in [0, 0.05) is 38.3 Å². The van der Waals surface area contributed by atoms with Crippen molar-refractivity contribution < 1.29 is 9.59 Å². The van der Waals surface area contributed by atoms with E-state index in [0.29, 0.717) is 5.56 Å². The van der Waals surface area contributed by atoms with Crippen molar-refractivity contribution >= 4 is 11.8 Å². The Kier molecular flexibility index (Phi) is 5.16. The van der Waals surface area contributed by atoms with E-state index in [2.05, 4.69) is 9.80 Å². The Hall–Kier alpha value is -1.92. The molecule has 24 heavy (non-hydrogen) atoms. The molecule has 2 N–H and O–H groups in total. The highest BCUT2D eigenvalue weighted by Gasteiger charge is 2.32. The van der Waals surface area contributed by atoms with Gasteiger partial charge in [0.15, 0.2) is 0 Å². The summed E-state index contributed by atoms with van der Waals surface area (Å²) in [7, 11) is 2.04. The minimum absolute atomic E-state index is 0.0730. The molecular formula is C18H26N4O2. The van der Waals surface area contributed by atoms with Gasteiger partial charge in [0.05, 0.1) is 6.04 Å². The maximum absolute atomic E-state index is 12.6. The molecule has 0 bridgehead atoms. The molecule has 1 aromatic rings. The molecule has 0 aliphatic carbocycles. The van der Waals surface area contributed by atoms with E-state index in [0.717, 1.165) is 57.7 Å². The van der Waals surface area contributed by atoms with E-state index in [4.69, 9.17) is 5.73 Å². The van der Waals surface area contributed by atoms with E-state index in [1.165, 1.54) is 0 Å². The Labute approximate surface area is 143 Å². The predicted octanol–water partition coefficient (Wildman–Crippen LogP) is 0.524. The highest BCUT2D eigenvalue weighted by atomic mass is 16.2. The number of primary amides is 1. The number of hydrogen-bond acceptors (Lipinski definition) is 4. The minimum atomic E-state index is -0.395. The molecule has 1 aromatic carbocycles. The van der Waals surface area contributed by atoms with Crippen LogP contribution in [0, 0.1) is 0 Å². The number of benzene rings is 1. The lowest BCUT2D eigenvalue weighted by Gasteiger charge is -2.37. The molecule has 2 heterocycles. The van der Waals surface area contributed by atoms with Crippen LogP contribution in [0.3, 0.4) is 0 Å². The Bertz CT molecular complexity index is 611. The molecule has 6 nitrogen and oxygen atoms in total. The lowest BCUT2D eigenvalue weighted by Crippen LogP contribution is -2.52. The van der Waals surface area contributed by atoms with Crippen LogP contribution in [0.2, 0.25) is 0 Å². The minimum Gasteiger partial charge on any atom is -0.366 e. The second-order valence-corrected chi connectivity index (χ2v) is 6.80. The molecule has 0 radical (unpaired) electrons.